The minimum Gasteiger partial charge on any atom is -0.489 e. The molecule has 0 rings (SSSR count). The number of carboxylic acid groups (broad SMARTS) is 1. The van der Waals surface area contributed by atoms with Gasteiger partial charge in [0.25, 0.3) is 8.32 Å². The first-order valence-electron chi connectivity index (χ1n) is 5.94. The monoisotopic (exact) mass is 232 g/mol. The zero-order valence-corrected chi connectivity index (χ0v) is 11.4. The molecule has 0 aromatic heterocycles. The second-order valence-electron chi connectivity index (χ2n) is 4.18. The van der Waals surface area contributed by atoms with Crippen LogP contribution in [0.5, 0.6) is 0 Å². The molecule has 0 fully saturated rings. The van der Waals surface area contributed by atoms with Gasteiger partial charge in [-0.05, 0) is 24.1 Å². The molecule has 15 heavy (non-hydrogen) atoms. The summed E-state index contributed by atoms with van der Waals surface area (Å²) in [5, 5.41) is 8.80. The van der Waals surface area contributed by atoms with Gasteiger partial charge in [-0.15, -0.1) is 0 Å². The molecular weight excluding hydrogens is 208 g/mol. The average molecular weight is 232 g/mol. The molecule has 0 radical (unpaired) electrons. The van der Waals surface area contributed by atoms with Crippen molar-refractivity contribution in [3.8, 4) is 0 Å². The Kier molecular flexibility index (Phi) is 6.64. The smallest absolute Gasteiger partial charge is 0.489 e. The lowest BCUT2D eigenvalue weighted by Crippen LogP contribution is -2.42. The summed E-state index contributed by atoms with van der Waals surface area (Å²) in [6, 6.07) is 1.78. The summed E-state index contributed by atoms with van der Waals surface area (Å²) in [5.74, 6) is 0. The van der Waals surface area contributed by atoms with Gasteiger partial charge >= 0.3 is 6.16 Å². The maximum atomic E-state index is 10.7. The van der Waals surface area contributed by atoms with Crippen molar-refractivity contribution in [1.29, 1.82) is 0 Å². The summed E-state index contributed by atoms with van der Waals surface area (Å²) in [5.41, 5.74) is 0.434. The summed E-state index contributed by atoms with van der Waals surface area (Å²) >= 11 is 0. The largest absolute Gasteiger partial charge is 0.491 e. The number of hydrogen-bond donors (Lipinski definition) is 1. The molecule has 1 atom stereocenters. The van der Waals surface area contributed by atoms with E-state index < -0.39 is 14.5 Å². The Bertz CT molecular complexity index is 190. The van der Waals surface area contributed by atoms with Crippen molar-refractivity contribution in [1.82, 2.24) is 0 Å². The van der Waals surface area contributed by atoms with Crippen LogP contribution < -0.4 is 0 Å². The van der Waals surface area contributed by atoms with Crippen LogP contribution in [0.2, 0.25) is 17.6 Å². The van der Waals surface area contributed by atoms with E-state index in [1.165, 1.54) is 6.42 Å². The molecule has 1 N–H and O–H groups in total. The highest BCUT2D eigenvalue weighted by molar-refractivity contribution is 6.76. The van der Waals surface area contributed by atoms with Crippen LogP contribution in [-0.4, -0.2) is 19.6 Å². The fourth-order valence-electron chi connectivity index (χ4n) is 2.14. The first kappa shape index (κ1) is 14.5. The van der Waals surface area contributed by atoms with Crippen molar-refractivity contribution in [2.24, 2.45) is 0 Å². The minimum atomic E-state index is -2.05. The van der Waals surface area contributed by atoms with E-state index in [4.69, 9.17) is 9.53 Å². The molecule has 90 valence electrons. The summed E-state index contributed by atoms with van der Waals surface area (Å²) in [6.45, 7) is 8.42. The summed E-state index contributed by atoms with van der Waals surface area (Å²) in [7, 11) is -2.05. The third-order valence-electron chi connectivity index (χ3n) is 3.38. The molecule has 0 bridgehead atoms. The number of hydrogen-bond acceptors (Lipinski definition) is 2. The predicted molar refractivity (Wildman–Crippen MR) is 64.8 cm³/mol. The minimum absolute atomic E-state index is 0.434. The second-order valence-corrected chi connectivity index (χ2v) is 8.92. The lowest BCUT2D eigenvalue weighted by atomic mass is 10.2. The predicted octanol–water partition coefficient (Wildman–Crippen LogP) is 4.25. The lowest BCUT2D eigenvalue weighted by molar-refractivity contribution is 0.139. The molecule has 0 spiro atoms. The van der Waals surface area contributed by atoms with E-state index in [1.54, 1.807) is 0 Å². The van der Waals surface area contributed by atoms with Crippen molar-refractivity contribution in [2.45, 2.75) is 64.6 Å². The maximum absolute atomic E-state index is 10.7. The van der Waals surface area contributed by atoms with Crippen molar-refractivity contribution in [2.75, 3.05) is 0 Å². The van der Waals surface area contributed by atoms with E-state index in [9.17, 15) is 4.79 Å². The van der Waals surface area contributed by atoms with Crippen LogP contribution in [0.4, 0.5) is 4.79 Å². The Hall–Kier alpha value is -0.513. The highest BCUT2D eigenvalue weighted by atomic mass is 28.4. The lowest BCUT2D eigenvalue weighted by Gasteiger charge is -2.33. The van der Waals surface area contributed by atoms with Gasteiger partial charge in [-0.2, -0.15) is 0 Å². The zero-order chi connectivity index (χ0) is 11.9. The first-order chi connectivity index (χ1) is 7.02. The Morgan fingerprint density at radius 1 is 1.33 bits per heavy atom. The summed E-state index contributed by atoms with van der Waals surface area (Å²) in [4.78, 5) is 10.7. The van der Waals surface area contributed by atoms with Crippen molar-refractivity contribution in [3.63, 3.8) is 0 Å². The van der Waals surface area contributed by atoms with Gasteiger partial charge in [0.15, 0.2) is 0 Å². The van der Waals surface area contributed by atoms with Crippen LogP contribution in [0.15, 0.2) is 0 Å². The van der Waals surface area contributed by atoms with Crippen molar-refractivity contribution < 1.29 is 14.3 Å². The second kappa shape index (κ2) is 6.88. The quantitative estimate of drug-likeness (QED) is 0.668. The van der Waals surface area contributed by atoms with E-state index in [0.29, 0.717) is 5.54 Å². The molecule has 0 aliphatic carbocycles. The van der Waals surface area contributed by atoms with Gasteiger partial charge in [-0.1, -0.05) is 40.5 Å². The standard InChI is InChI=1S/C11H24O3Si/c1-5-8-9-10(4)15(6-2,7-3)14-11(12)13/h10H,5-9H2,1-4H3,(H,12,13). The van der Waals surface area contributed by atoms with E-state index in [0.717, 1.165) is 24.9 Å². The topological polar surface area (TPSA) is 46.5 Å². The van der Waals surface area contributed by atoms with Gasteiger partial charge in [0.1, 0.15) is 0 Å². The van der Waals surface area contributed by atoms with Gasteiger partial charge in [0.2, 0.25) is 0 Å². The molecule has 0 aromatic rings. The van der Waals surface area contributed by atoms with Gasteiger partial charge in [0, 0.05) is 0 Å². The molecule has 1 unspecified atom stereocenters. The molecule has 4 heteroatoms. The van der Waals surface area contributed by atoms with Crippen LogP contribution in [0, 0.1) is 0 Å². The number of unbranched alkanes of at least 4 members (excludes halogenated alkanes) is 1. The highest BCUT2D eigenvalue weighted by Crippen LogP contribution is 2.34. The van der Waals surface area contributed by atoms with Crippen LogP contribution in [0.3, 0.4) is 0 Å². The third-order valence-corrected chi connectivity index (χ3v) is 8.44. The molecule has 3 nitrogen and oxygen atoms in total. The summed E-state index contributed by atoms with van der Waals surface area (Å²) in [6.07, 6.45) is 2.33. The molecule has 0 aromatic carbocycles. The van der Waals surface area contributed by atoms with E-state index in [-0.39, 0.29) is 0 Å². The molecule has 0 saturated carbocycles. The molecule has 0 amide bonds. The Morgan fingerprint density at radius 3 is 2.20 bits per heavy atom. The van der Waals surface area contributed by atoms with Gasteiger partial charge in [-0.3, -0.25) is 0 Å². The van der Waals surface area contributed by atoms with Crippen molar-refractivity contribution >= 4 is 14.5 Å². The molecule has 0 aliphatic rings. The summed E-state index contributed by atoms with van der Waals surface area (Å²) < 4.78 is 5.25. The zero-order valence-electron chi connectivity index (χ0n) is 10.4. The third kappa shape index (κ3) is 4.24. The van der Waals surface area contributed by atoms with Crippen LogP contribution in [-0.2, 0) is 4.43 Å². The van der Waals surface area contributed by atoms with E-state index >= 15 is 0 Å². The fourth-order valence-corrected chi connectivity index (χ4v) is 5.60. The molecule has 0 saturated heterocycles. The normalized spacial score (nSPS) is 13.6. The van der Waals surface area contributed by atoms with Gasteiger partial charge in [0.05, 0.1) is 0 Å². The number of carbonyl (C=O) groups is 1. The maximum Gasteiger partial charge on any atom is 0.491 e. The Balaban J connectivity index is 4.51. The van der Waals surface area contributed by atoms with Gasteiger partial charge in [-0.25, -0.2) is 4.79 Å². The first-order valence-corrected chi connectivity index (χ1v) is 8.34. The Morgan fingerprint density at radius 2 is 1.87 bits per heavy atom. The Labute approximate surface area is 94.0 Å². The fraction of sp³-hybridized carbons (Fsp3) is 0.909. The number of rotatable bonds is 7. The molecule has 0 aliphatic heterocycles. The van der Waals surface area contributed by atoms with Crippen LogP contribution in [0.1, 0.15) is 47.0 Å². The average Bonchev–Trinajstić information content (AvgIpc) is 2.22. The van der Waals surface area contributed by atoms with E-state index in [1.807, 2.05) is 0 Å². The van der Waals surface area contributed by atoms with Crippen molar-refractivity contribution in [3.05, 3.63) is 0 Å². The van der Waals surface area contributed by atoms with Crippen LogP contribution in [0.25, 0.3) is 0 Å². The van der Waals surface area contributed by atoms with Gasteiger partial charge < -0.3 is 9.53 Å². The van der Waals surface area contributed by atoms with Crippen LogP contribution >= 0.6 is 0 Å². The molecule has 0 heterocycles. The molecular formula is C11H24O3Si. The van der Waals surface area contributed by atoms with E-state index in [2.05, 4.69) is 27.7 Å². The highest BCUT2D eigenvalue weighted by Gasteiger charge is 2.40. The SMILES string of the molecule is CCCCC(C)[Si](CC)(CC)OC(=O)O.